The molecule has 0 aliphatic heterocycles. The number of amides is 1. The Morgan fingerprint density at radius 2 is 2.28 bits per heavy atom. The Morgan fingerprint density at radius 3 is 2.83 bits per heavy atom. The minimum Gasteiger partial charge on any atom is -0.496 e. The first-order valence-electron chi connectivity index (χ1n) is 5.14. The molecule has 94 valence electrons. The lowest BCUT2D eigenvalue weighted by Gasteiger charge is -2.06. The summed E-state index contributed by atoms with van der Waals surface area (Å²) in [7, 11) is 1.58. The van der Waals surface area contributed by atoms with Gasteiger partial charge in [-0.1, -0.05) is 0 Å². The molecule has 0 saturated carbocycles. The predicted molar refractivity (Wildman–Crippen MR) is 69.8 cm³/mol. The molecule has 0 saturated heterocycles. The van der Waals surface area contributed by atoms with Crippen molar-refractivity contribution in [2.75, 3.05) is 12.4 Å². The van der Waals surface area contributed by atoms with E-state index >= 15 is 0 Å². The molecule has 0 aliphatic carbocycles. The molecule has 18 heavy (non-hydrogen) atoms. The van der Waals surface area contributed by atoms with Crippen molar-refractivity contribution in [3.8, 4) is 5.75 Å². The van der Waals surface area contributed by atoms with Gasteiger partial charge < -0.3 is 10.1 Å². The van der Waals surface area contributed by atoms with E-state index in [-0.39, 0.29) is 11.7 Å². The Bertz CT molecular complexity index is 582. The molecule has 0 unspecified atom stereocenters. The number of anilines is 1. The highest BCUT2D eigenvalue weighted by atomic mass is 79.9. The Hall–Kier alpha value is -1.89. The SMILES string of the molecule is COc1ccc(NC(=O)c2n[nH]c(C)n2)cc1Br. The number of carbonyl (C=O) groups excluding carboxylic acids is 1. The van der Waals surface area contributed by atoms with E-state index in [2.05, 4.69) is 36.4 Å². The first kappa shape index (κ1) is 12.6. The van der Waals surface area contributed by atoms with Gasteiger partial charge in [0.15, 0.2) is 0 Å². The highest BCUT2D eigenvalue weighted by molar-refractivity contribution is 9.10. The third kappa shape index (κ3) is 2.67. The summed E-state index contributed by atoms with van der Waals surface area (Å²) in [5.74, 6) is 1.04. The van der Waals surface area contributed by atoms with Gasteiger partial charge in [-0.2, -0.15) is 0 Å². The van der Waals surface area contributed by atoms with Gasteiger partial charge in [0.05, 0.1) is 11.6 Å². The molecule has 0 atom stereocenters. The van der Waals surface area contributed by atoms with Crippen LogP contribution in [0.2, 0.25) is 0 Å². The van der Waals surface area contributed by atoms with Crippen LogP contribution in [0.5, 0.6) is 5.75 Å². The van der Waals surface area contributed by atoms with Crippen LogP contribution in [-0.2, 0) is 0 Å². The fourth-order valence-electron chi connectivity index (χ4n) is 1.38. The maximum atomic E-state index is 11.8. The van der Waals surface area contributed by atoms with Gasteiger partial charge >= 0.3 is 0 Å². The van der Waals surface area contributed by atoms with Gasteiger partial charge in [-0.15, -0.1) is 5.10 Å². The van der Waals surface area contributed by atoms with Crippen molar-refractivity contribution >= 4 is 27.5 Å². The normalized spacial score (nSPS) is 10.2. The highest BCUT2D eigenvalue weighted by Gasteiger charge is 2.12. The lowest BCUT2D eigenvalue weighted by Crippen LogP contribution is -2.13. The quantitative estimate of drug-likeness (QED) is 0.910. The Balaban J connectivity index is 2.14. The number of carbonyl (C=O) groups is 1. The molecule has 2 aromatic rings. The van der Waals surface area contributed by atoms with E-state index < -0.39 is 0 Å². The molecule has 2 rings (SSSR count). The Morgan fingerprint density at radius 1 is 1.50 bits per heavy atom. The van der Waals surface area contributed by atoms with E-state index in [9.17, 15) is 4.79 Å². The van der Waals surface area contributed by atoms with Crippen LogP contribution in [0, 0.1) is 6.92 Å². The molecule has 7 heteroatoms. The average Bonchev–Trinajstić information content (AvgIpc) is 2.76. The van der Waals surface area contributed by atoms with E-state index in [4.69, 9.17) is 4.74 Å². The zero-order valence-electron chi connectivity index (χ0n) is 9.82. The number of hydrogen-bond acceptors (Lipinski definition) is 4. The van der Waals surface area contributed by atoms with Gasteiger partial charge in [0.1, 0.15) is 11.6 Å². The van der Waals surface area contributed by atoms with E-state index in [1.54, 1.807) is 32.2 Å². The van der Waals surface area contributed by atoms with E-state index in [0.29, 0.717) is 17.3 Å². The second-order valence-electron chi connectivity index (χ2n) is 3.55. The summed E-state index contributed by atoms with van der Waals surface area (Å²) in [6, 6.07) is 5.24. The summed E-state index contributed by atoms with van der Waals surface area (Å²) >= 11 is 3.34. The summed E-state index contributed by atoms with van der Waals surface area (Å²) in [6.07, 6.45) is 0. The standard InChI is InChI=1S/C11H11BrN4O2/c1-6-13-10(16-15-6)11(17)14-7-3-4-9(18-2)8(12)5-7/h3-5H,1-2H3,(H,14,17)(H,13,15,16). The topological polar surface area (TPSA) is 79.9 Å². The molecule has 0 radical (unpaired) electrons. The molecule has 0 fully saturated rings. The molecule has 0 bridgehead atoms. The van der Waals surface area contributed by atoms with Crippen LogP contribution >= 0.6 is 15.9 Å². The predicted octanol–water partition coefficient (Wildman–Crippen LogP) is 2.14. The number of nitrogens with zero attached hydrogens (tertiary/aromatic N) is 2. The molecule has 1 amide bonds. The first-order chi connectivity index (χ1) is 8.60. The number of rotatable bonds is 3. The van der Waals surface area contributed by atoms with Gasteiger partial charge in [-0.25, -0.2) is 4.98 Å². The monoisotopic (exact) mass is 310 g/mol. The Labute approximate surface area is 112 Å². The lowest BCUT2D eigenvalue weighted by molar-refractivity contribution is 0.101. The second kappa shape index (κ2) is 5.18. The highest BCUT2D eigenvalue weighted by Crippen LogP contribution is 2.27. The second-order valence-corrected chi connectivity index (χ2v) is 4.40. The van der Waals surface area contributed by atoms with Crippen molar-refractivity contribution in [3.05, 3.63) is 34.3 Å². The van der Waals surface area contributed by atoms with Crippen molar-refractivity contribution in [2.45, 2.75) is 6.92 Å². The number of benzene rings is 1. The van der Waals surface area contributed by atoms with Crippen LogP contribution in [0.1, 0.15) is 16.4 Å². The van der Waals surface area contributed by atoms with Gasteiger partial charge in [0, 0.05) is 5.69 Å². The molecule has 1 heterocycles. The van der Waals surface area contributed by atoms with Crippen LogP contribution in [0.15, 0.2) is 22.7 Å². The van der Waals surface area contributed by atoms with Crippen molar-refractivity contribution in [1.82, 2.24) is 15.2 Å². The van der Waals surface area contributed by atoms with Crippen LogP contribution < -0.4 is 10.1 Å². The number of aryl methyl sites for hydroxylation is 1. The molecule has 1 aromatic carbocycles. The van der Waals surface area contributed by atoms with Crippen LogP contribution in [-0.4, -0.2) is 28.2 Å². The summed E-state index contributed by atoms with van der Waals surface area (Å²) < 4.78 is 5.86. The number of halogens is 1. The van der Waals surface area contributed by atoms with Crippen molar-refractivity contribution in [3.63, 3.8) is 0 Å². The first-order valence-corrected chi connectivity index (χ1v) is 5.93. The fourth-order valence-corrected chi connectivity index (χ4v) is 1.92. The summed E-state index contributed by atoms with van der Waals surface area (Å²) in [6.45, 7) is 1.73. The molecule has 1 aromatic heterocycles. The number of aromatic nitrogens is 3. The molecule has 0 spiro atoms. The number of methoxy groups -OCH3 is 1. The number of aromatic amines is 1. The third-order valence-corrected chi connectivity index (χ3v) is 2.83. The Kier molecular flexibility index (Phi) is 3.61. The third-order valence-electron chi connectivity index (χ3n) is 2.21. The molecular formula is C11H11BrN4O2. The fraction of sp³-hybridized carbons (Fsp3) is 0.182. The van der Waals surface area contributed by atoms with Crippen LogP contribution in [0.25, 0.3) is 0 Å². The largest absolute Gasteiger partial charge is 0.496 e. The molecule has 6 nitrogen and oxygen atoms in total. The maximum absolute atomic E-state index is 11.8. The smallest absolute Gasteiger partial charge is 0.295 e. The zero-order valence-corrected chi connectivity index (χ0v) is 11.4. The average molecular weight is 311 g/mol. The number of H-pyrrole nitrogens is 1. The number of ether oxygens (including phenoxy) is 1. The lowest BCUT2D eigenvalue weighted by atomic mass is 10.3. The van der Waals surface area contributed by atoms with Gasteiger partial charge in [-0.05, 0) is 41.1 Å². The molecule has 2 N–H and O–H groups in total. The van der Waals surface area contributed by atoms with Crippen LogP contribution in [0.4, 0.5) is 5.69 Å². The summed E-state index contributed by atoms with van der Waals surface area (Å²) in [5.41, 5.74) is 0.634. The van der Waals surface area contributed by atoms with Crippen molar-refractivity contribution < 1.29 is 9.53 Å². The maximum Gasteiger partial charge on any atom is 0.295 e. The summed E-state index contributed by atoms with van der Waals surface area (Å²) in [4.78, 5) is 15.7. The number of hydrogen-bond donors (Lipinski definition) is 2. The minimum atomic E-state index is -0.364. The van der Waals surface area contributed by atoms with Crippen molar-refractivity contribution in [1.29, 1.82) is 0 Å². The van der Waals surface area contributed by atoms with Gasteiger partial charge in [-0.3, -0.25) is 9.89 Å². The van der Waals surface area contributed by atoms with E-state index in [0.717, 1.165) is 4.47 Å². The van der Waals surface area contributed by atoms with E-state index in [1.807, 2.05) is 0 Å². The minimum absolute atomic E-state index is 0.111. The summed E-state index contributed by atoms with van der Waals surface area (Å²) in [5, 5.41) is 9.09. The molecular weight excluding hydrogens is 300 g/mol. The zero-order chi connectivity index (χ0) is 13.1. The van der Waals surface area contributed by atoms with Crippen LogP contribution in [0.3, 0.4) is 0 Å². The molecule has 0 aliphatic rings. The van der Waals surface area contributed by atoms with Gasteiger partial charge in [0.2, 0.25) is 5.82 Å². The van der Waals surface area contributed by atoms with Gasteiger partial charge in [0.25, 0.3) is 5.91 Å². The van der Waals surface area contributed by atoms with E-state index in [1.165, 1.54) is 0 Å². The van der Waals surface area contributed by atoms with Crippen molar-refractivity contribution in [2.24, 2.45) is 0 Å². The number of nitrogens with one attached hydrogen (secondary N) is 2.